The fourth-order valence-electron chi connectivity index (χ4n) is 3.15. The van der Waals surface area contributed by atoms with Crippen LogP contribution in [-0.4, -0.2) is 43.2 Å². The van der Waals surface area contributed by atoms with E-state index in [4.69, 9.17) is 16.3 Å². The highest BCUT2D eigenvalue weighted by atomic mass is 35.5. The first kappa shape index (κ1) is 18.7. The number of halogens is 1. The number of aromatic nitrogens is 5. The molecule has 0 radical (unpaired) electrons. The zero-order chi connectivity index (χ0) is 20.4. The molecule has 0 bridgehead atoms. The number of allylic oxidation sites excluding steroid dienone is 1. The van der Waals surface area contributed by atoms with E-state index in [1.165, 1.54) is 0 Å². The van der Waals surface area contributed by atoms with Gasteiger partial charge in [-0.25, -0.2) is 0 Å². The molecule has 4 rings (SSSR count). The summed E-state index contributed by atoms with van der Waals surface area (Å²) in [5, 5.41) is 24.7. The molecule has 8 nitrogen and oxygen atoms in total. The lowest BCUT2D eigenvalue weighted by Gasteiger charge is -2.10. The first-order valence-electron chi connectivity index (χ1n) is 8.66. The number of aliphatic hydroxyl groups is 1. The van der Waals surface area contributed by atoms with E-state index in [0.717, 1.165) is 22.9 Å². The average molecular weight is 410 g/mol. The summed E-state index contributed by atoms with van der Waals surface area (Å²) >= 11 is 6.17. The third kappa shape index (κ3) is 3.70. The zero-order valence-corrected chi connectivity index (χ0v) is 16.1. The number of aromatic amines is 1. The van der Waals surface area contributed by atoms with Gasteiger partial charge in [-0.15, -0.1) is 10.2 Å². The van der Waals surface area contributed by atoms with Gasteiger partial charge in [0.05, 0.1) is 13.7 Å². The molecule has 0 saturated heterocycles. The number of ketones is 1. The van der Waals surface area contributed by atoms with Gasteiger partial charge in [-0.3, -0.25) is 4.79 Å². The van der Waals surface area contributed by atoms with E-state index in [2.05, 4.69) is 20.6 Å². The molecule has 0 unspecified atom stereocenters. The molecular formula is C20H16ClN5O3. The number of carbonyl (C=O) groups excluding carboxylic acids is 1. The molecule has 0 amide bonds. The van der Waals surface area contributed by atoms with Crippen molar-refractivity contribution in [3.05, 3.63) is 76.7 Å². The van der Waals surface area contributed by atoms with Crippen LogP contribution >= 0.6 is 11.6 Å². The van der Waals surface area contributed by atoms with Gasteiger partial charge in [0.25, 0.3) is 0 Å². The van der Waals surface area contributed by atoms with E-state index in [1.54, 1.807) is 25.4 Å². The second kappa shape index (κ2) is 7.76. The molecule has 2 heterocycles. The molecule has 0 fully saturated rings. The molecule has 0 atom stereocenters. The predicted molar refractivity (Wildman–Crippen MR) is 108 cm³/mol. The van der Waals surface area contributed by atoms with Gasteiger partial charge in [-0.1, -0.05) is 29.8 Å². The number of carbonyl (C=O) groups is 1. The minimum Gasteiger partial charge on any atom is -0.507 e. The number of methoxy groups -OCH3 is 1. The van der Waals surface area contributed by atoms with Crippen LogP contribution in [0.5, 0.6) is 5.75 Å². The van der Waals surface area contributed by atoms with Crippen molar-refractivity contribution in [1.82, 2.24) is 25.2 Å². The van der Waals surface area contributed by atoms with Crippen molar-refractivity contribution in [3.63, 3.8) is 0 Å². The number of nitrogens with one attached hydrogen (secondary N) is 1. The van der Waals surface area contributed by atoms with Gasteiger partial charge in [0, 0.05) is 39.3 Å². The SMILES string of the molecule is COc1ccccc1Cn1cc(/C(O)=C/C(=O)c2nn[nH]n2)c2cc(Cl)ccc21. The topological polar surface area (TPSA) is 106 Å². The molecular weight excluding hydrogens is 394 g/mol. The Morgan fingerprint density at radius 1 is 1.31 bits per heavy atom. The van der Waals surface area contributed by atoms with Crippen molar-refractivity contribution in [2.75, 3.05) is 7.11 Å². The van der Waals surface area contributed by atoms with Gasteiger partial charge >= 0.3 is 0 Å². The highest BCUT2D eigenvalue weighted by molar-refractivity contribution is 6.31. The van der Waals surface area contributed by atoms with Crippen LogP contribution in [0.4, 0.5) is 0 Å². The van der Waals surface area contributed by atoms with Crippen LogP contribution in [0.2, 0.25) is 5.02 Å². The van der Waals surface area contributed by atoms with Gasteiger partial charge in [-0.2, -0.15) is 5.21 Å². The molecule has 0 saturated carbocycles. The Morgan fingerprint density at radius 2 is 2.14 bits per heavy atom. The lowest BCUT2D eigenvalue weighted by Crippen LogP contribution is -2.01. The first-order valence-corrected chi connectivity index (χ1v) is 9.03. The Kier molecular flexibility index (Phi) is 5.01. The third-order valence-electron chi connectivity index (χ3n) is 4.49. The zero-order valence-electron chi connectivity index (χ0n) is 15.3. The van der Waals surface area contributed by atoms with Gasteiger partial charge in [-0.05, 0) is 29.5 Å². The number of fused-ring (bicyclic) bond motifs is 1. The Balaban J connectivity index is 1.79. The van der Waals surface area contributed by atoms with Crippen molar-refractivity contribution in [1.29, 1.82) is 0 Å². The van der Waals surface area contributed by atoms with Crippen molar-refractivity contribution in [2.24, 2.45) is 0 Å². The number of rotatable bonds is 6. The summed E-state index contributed by atoms with van der Waals surface area (Å²) in [5.74, 6) is -0.154. The lowest BCUT2D eigenvalue weighted by molar-refractivity contribution is 0.103. The summed E-state index contributed by atoms with van der Waals surface area (Å²) < 4.78 is 7.39. The molecule has 0 spiro atoms. The highest BCUT2D eigenvalue weighted by Gasteiger charge is 2.16. The summed E-state index contributed by atoms with van der Waals surface area (Å²) in [4.78, 5) is 12.2. The summed E-state index contributed by atoms with van der Waals surface area (Å²) in [6.07, 6.45) is 2.83. The lowest BCUT2D eigenvalue weighted by atomic mass is 10.1. The monoisotopic (exact) mass is 409 g/mol. The second-order valence-corrected chi connectivity index (χ2v) is 6.71. The predicted octanol–water partition coefficient (Wildman–Crippen LogP) is 3.65. The molecule has 4 aromatic rings. The summed E-state index contributed by atoms with van der Waals surface area (Å²) in [7, 11) is 1.62. The van der Waals surface area contributed by atoms with E-state index >= 15 is 0 Å². The molecule has 29 heavy (non-hydrogen) atoms. The number of aliphatic hydroxyl groups excluding tert-OH is 1. The Morgan fingerprint density at radius 3 is 2.90 bits per heavy atom. The quantitative estimate of drug-likeness (QED) is 0.286. The Hall–Kier alpha value is -3.65. The van der Waals surface area contributed by atoms with Crippen LogP contribution in [0.25, 0.3) is 16.7 Å². The van der Waals surface area contributed by atoms with Gasteiger partial charge in [0.1, 0.15) is 11.5 Å². The molecule has 2 aromatic heterocycles. The van der Waals surface area contributed by atoms with Crippen molar-refractivity contribution >= 4 is 34.0 Å². The fourth-order valence-corrected chi connectivity index (χ4v) is 3.33. The molecule has 146 valence electrons. The van der Waals surface area contributed by atoms with Crippen molar-refractivity contribution < 1.29 is 14.6 Å². The second-order valence-electron chi connectivity index (χ2n) is 6.27. The van der Waals surface area contributed by atoms with Gasteiger partial charge in [0.15, 0.2) is 0 Å². The van der Waals surface area contributed by atoms with Crippen molar-refractivity contribution in [3.8, 4) is 5.75 Å². The number of hydrogen-bond donors (Lipinski definition) is 2. The van der Waals surface area contributed by atoms with Gasteiger partial charge < -0.3 is 14.4 Å². The largest absolute Gasteiger partial charge is 0.507 e. The van der Waals surface area contributed by atoms with Crippen LogP contribution < -0.4 is 4.74 Å². The normalized spacial score (nSPS) is 11.7. The number of hydrogen-bond acceptors (Lipinski definition) is 6. The number of nitrogens with zero attached hydrogens (tertiary/aromatic N) is 4. The standard InChI is InChI=1S/C20H16ClN5O3/c1-29-19-5-3-2-4-12(19)10-26-11-15(14-8-13(21)6-7-16(14)26)17(27)9-18(28)20-22-24-25-23-20/h2-9,11,27H,10H2,1H3,(H,22,23,24,25)/b17-9-. The molecule has 2 N–H and O–H groups in total. The van der Waals surface area contributed by atoms with Crippen LogP contribution in [-0.2, 0) is 6.54 Å². The number of H-pyrrole nitrogens is 1. The molecule has 0 aliphatic heterocycles. The number of tetrazole rings is 1. The highest BCUT2D eigenvalue weighted by Crippen LogP contribution is 2.30. The van der Waals surface area contributed by atoms with E-state index in [9.17, 15) is 9.90 Å². The maximum absolute atomic E-state index is 12.2. The minimum atomic E-state index is -0.566. The Labute approximate surface area is 170 Å². The molecule has 0 aliphatic carbocycles. The number of benzene rings is 2. The first-order chi connectivity index (χ1) is 14.1. The molecule has 9 heteroatoms. The maximum Gasteiger partial charge on any atom is 0.244 e. The fraction of sp³-hybridized carbons (Fsp3) is 0.100. The van der Waals surface area contributed by atoms with Crippen LogP contribution in [0.1, 0.15) is 21.7 Å². The summed E-state index contributed by atoms with van der Waals surface area (Å²) in [6, 6.07) is 13.1. The molecule has 2 aromatic carbocycles. The third-order valence-corrected chi connectivity index (χ3v) is 4.72. The van der Waals surface area contributed by atoms with Crippen LogP contribution in [0.3, 0.4) is 0 Å². The number of para-hydroxylation sites is 1. The van der Waals surface area contributed by atoms with Gasteiger partial charge in [0.2, 0.25) is 11.6 Å². The maximum atomic E-state index is 12.2. The minimum absolute atomic E-state index is 0.132. The smallest absolute Gasteiger partial charge is 0.244 e. The van der Waals surface area contributed by atoms with E-state index in [0.29, 0.717) is 22.5 Å². The number of ether oxygens (including phenoxy) is 1. The van der Waals surface area contributed by atoms with E-state index in [1.807, 2.05) is 34.9 Å². The average Bonchev–Trinajstić information content (AvgIpc) is 3.37. The Bertz CT molecular complexity index is 1210. The van der Waals surface area contributed by atoms with Crippen LogP contribution in [0, 0.1) is 0 Å². The summed E-state index contributed by atoms with van der Waals surface area (Å²) in [6.45, 7) is 0.508. The molecule has 0 aliphatic rings. The van der Waals surface area contributed by atoms with Crippen molar-refractivity contribution in [2.45, 2.75) is 6.54 Å². The summed E-state index contributed by atoms with van der Waals surface area (Å²) in [5.41, 5.74) is 2.29. The van der Waals surface area contributed by atoms with E-state index in [-0.39, 0.29) is 11.6 Å². The van der Waals surface area contributed by atoms with Crippen LogP contribution in [0.15, 0.2) is 54.7 Å². The van der Waals surface area contributed by atoms with E-state index < -0.39 is 5.78 Å².